The number of hydrogen-bond donors (Lipinski definition) is 4. The zero-order chi connectivity index (χ0) is 38.8. The van der Waals surface area contributed by atoms with Crippen molar-refractivity contribution in [2.24, 2.45) is 0 Å². The average molecular weight is 755 g/mol. The van der Waals surface area contributed by atoms with Gasteiger partial charge in [0.15, 0.2) is 12.4 Å². The minimum atomic E-state index is -1.59. The van der Waals surface area contributed by atoms with E-state index in [2.05, 4.69) is 38.2 Å². The Balaban J connectivity index is 2.37. The van der Waals surface area contributed by atoms with Crippen molar-refractivity contribution in [3.63, 3.8) is 0 Å². The molecule has 10 heteroatoms. The van der Waals surface area contributed by atoms with Gasteiger partial charge in [0.25, 0.3) is 0 Å². The van der Waals surface area contributed by atoms with Gasteiger partial charge in [-0.05, 0) is 64.2 Å². The van der Waals surface area contributed by atoms with Crippen LogP contribution in [0.1, 0.15) is 181 Å². The second-order valence-electron chi connectivity index (χ2n) is 14.8. The molecule has 1 fully saturated rings. The van der Waals surface area contributed by atoms with Crippen molar-refractivity contribution in [1.82, 2.24) is 0 Å². The number of rotatable bonds is 35. The summed E-state index contributed by atoms with van der Waals surface area (Å²) in [4.78, 5) is 25.2. The van der Waals surface area contributed by atoms with Crippen LogP contribution in [-0.4, -0.2) is 89.0 Å². The van der Waals surface area contributed by atoms with E-state index >= 15 is 0 Å². The van der Waals surface area contributed by atoms with Crippen molar-refractivity contribution in [2.75, 3.05) is 19.8 Å². The monoisotopic (exact) mass is 755 g/mol. The van der Waals surface area contributed by atoms with E-state index in [1.807, 2.05) is 0 Å². The molecule has 0 radical (unpaired) electrons. The third kappa shape index (κ3) is 26.6. The van der Waals surface area contributed by atoms with Crippen LogP contribution in [0.4, 0.5) is 0 Å². The second kappa shape index (κ2) is 34.7. The quantitative estimate of drug-likeness (QED) is 0.0281. The molecule has 10 nitrogen and oxygen atoms in total. The maximum atomic E-state index is 12.7. The number of carbonyl (C=O) groups is 2. The van der Waals surface area contributed by atoms with Crippen molar-refractivity contribution in [2.45, 2.75) is 218 Å². The zero-order valence-electron chi connectivity index (χ0n) is 33.5. The van der Waals surface area contributed by atoms with Crippen LogP contribution in [0, 0.1) is 0 Å². The number of aliphatic hydroxyl groups is 4. The summed E-state index contributed by atoms with van der Waals surface area (Å²) in [5.74, 6) is -0.824. The van der Waals surface area contributed by atoms with Gasteiger partial charge >= 0.3 is 11.9 Å². The maximum Gasteiger partial charge on any atom is 0.306 e. The molecular formula is C43H78O10. The number of allylic oxidation sites excluding steroid dienone is 4. The molecule has 1 aliphatic heterocycles. The van der Waals surface area contributed by atoms with E-state index < -0.39 is 49.4 Å². The summed E-state index contributed by atoms with van der Waals surface area (Å²) in [5, 5.41) is 40.0. The minimum absolute atomic E-state index is 0.220. The molecule has 0 aromatic heterocycles. The molecule has 0 aromatic carbocycles. The summed E-state index contributed by atoms with van der Waals surface area (Å²) >= 11 is 0. The molecule has 0 spiro atoms. The largest absolute Gasteiger partial charge is 0.462 e. The first-order valence-corrected chi connectivity index (χ1v) is 21.4. The van der Waals surface area contributed by atoms with Gasteiger partial charge < -0.3 is 39.4 Å². The second-order valence-corrected chi connectivity index (χ2v) is 14.8. The molecule has 310 valence electrons. The van der Waals surface area contributed by atoms with Gasteiger partial charge in [0.05, 0.1) is 13.2 Å². The maximum absolute atomic E-state index is 12.7. The Hall–Kier alpha value is -1.82. The van der Waals surface area contributed by atoms with Crippen molar-refractivity contribution in [1.29, 1.82) is 0 Å². The molecule has 0 aliphatic carbocycles. The molecule has 4 N–H and O–H groups in total. The topological polar surface area (TPSA) is 152 Å². The third-order valence-electron chi connectivity index (χ3n) is 9.81. The Bertz CT molecular complexity index is 923. The van der Waals surface area contributed by atoms with Crippen molar-refractivity contribution in [3.05, 3.63) is 24.3 Å². The highest BCUT2D eigenvalue weighted by atomic mass is 16.7. The van der Waals surface area contributed by atoms with Crippen molar-refractivity contribution in [3.8, 4) is 0 Å². The van der Waals surface area contributed by atoms with Gasteiger partial charge in [-0.2, -0.15) is 0 Å². The van der Waals surface area contributed by atoms with Gasteiger partial charge in [0.2, 0.25) is 0 Å². The van der Waals surface area contributed by atoms with E-state index in [4.69, 9.17) is 18.9 Å². The molecule has 6 unspecified atom stereocenters. The molecular weight excluding hydrogens is 676 g/mol. The number of unbranched alkanes of at least 4 members (excludes halogenated alkanes) is 20. The molecule has 6 atom stereocenters. The summed E-state index contributed by atoms with van der Waals surface area (Å²) in [6.07, 6.45) is 28.9. The zero-order valence-corrected chi connectivity index (χ0v) is 33.5. The Kier molecular flexibility index (Phi) is 32.2. The lowest BCUT2D eigenvalue weighted by atomic mass is 9.99. The normalized spacial score (nSPS) is 21.1. The Morgan fingerprint density at radius 2 is 1.00 bits per heavy atom. The fourth-order valence-corrected chi connectivity index (χ4v) is 6.35. The summed E-state index contributed by atoms with van der Waals surface area (Å²) in [5.41, 5.74) is 0. The van der Waals surface area contributed by atoms with Crippen LogP contribution < -0.4 is 0 Å². The summed E-state index contributed by atoms with van der Waals surface area (Å²) in [6.45, 7) is 3.38. The molecule has 0 aromatic rings. The first-order chi connectivity index (χ1) is 25.8. The number of esters is 2. The van der Waals surface area contributed by atoms with Crippen LogP contribution in [0.25, 0.3) is 0 Å². The molecule has 1 heterocycles. The number of carbonyl (C=O) groups excluding carboxylic acids is 2. The first-order valence-electron chi connectivity index (χ1n) is 21.4. The van der Waals surface area contributed by atoms with Crippen molar-refractivity contribution >= 4 is 11.9 Å². The number of aliphatic hydroxyl groups excluding tert-OH is 4. The van der Waals surface area contributed by atoms with Crippen LogP contribution in [0.5, 0.6) is 0 Å². The van der Waals surface area contributed by atoms with E-state index in [0.717, 1.165) is 64.2 Å². The van der Waals surface area contributed by atoms with E-state index in [9.17, 15) is 30.0 Å². The summed E-state index contributed by atoms with van der Waals surface area (Å²) < 4.78 is 22.1. The van der Waals surface area contributed by atoms with Gasteiger partial charge in [-0.1, -0.05) is 128 Å². The SMILES string of the molecule is CCCCCC/C=C\CCCCCCCC(=O)OCC(COC1OC(CO)C(O)C(O)C1O)OC(=O)CCCCCCC/C=C\CCCCCCCC. The lowest BCUT2D eigenvalue weighted by Gasteiger charge is -2.39. The van der Waals surface area contributed by atoms with Crippen LogP contribution >= 0.6 is 0 Å². The number of ether oxygens (including phenoxy) is 4. The van der Waals surface area contributed by atoms with Crippen LogP contribution in [0.3, 0.4) is 0 Å². The van der Waals surface area contributed by atoms with Crippen molar-refractivity contribution < 1.29 is 49.0 Å². The Morgan fingerprint density at radius 3 is 1.49 bits per heavy atom. The fraction of sp³-hybridized carbons (Fsp3) is 0.860. The summed E-state index contributed by atoms with van der Waals surface area (Å²) in [6, 6.07) is 0. The first kappa shape index (κ1) is 49.2. The van der Waals surface area contributed by atoms with Gasteiger partial charge in [-0.25, -0.2) is 0 Å². The van der Waals surface area contributed by atoms with Gasteiger partial charge in [-0.3, -0.25) is 9.59 Å². The molecule has 0 bridgehead atoms. The molecule has 1 aliphatic rings. The van der Waals surface area contributed by atoms with Gasteiger partial charge in [-0.15, -0.1) is 0 Å². The predicted octanol–water partition coefficient (Wildman–Crippen LogP) is 8.55. The predicted molar refractivity (Wildman–Crippen MR) is 210 cm³/mol. The molecule has 0 saturated carbocycles. The molecule has 1 rings (SSSR count). The van der Waals surface area contributed by atoms with Gasteiger partial charge in [0, 0.05) is 12.8 Å². The van der Waals surface area contributed by atoms with E-state index in [1.54, 1.807) is 0 Å². The Morgan fingerprint density at radius 1 is 0.566 bits per heavy atom. The van der Waals surface area contributed by atoms with Crippen LogP contribution in [-0.2, 0) is 28.5 Å². The molecule has 1 saturated heterocycles. The standard InChI is InChI=1S/C43H78O10/c1-3-5-7-9-11-13-15-17-18-20-22-24-26-28-30-32-39(46)52-36(35-51-43-42(49)41(48)40(47)37(33-44)53-43)34-50-38(45)31-29-27-25-23-21-19-16-14-12-10-8-6-4-2/h14,16-18,36-37,40-44,47-49H,3-13,15,19-35H2,1-2H3/b16-14-,18-17-. The van der Waals surface area contributed by atoms with Gasteiger partial charge in [0.1, 0.15) is 31.0 Å². The molecule has 0 amide bonds. The smallest absolute Gasteiger partial charge is 0.306 e. The highest BCUT2D eigenvalue weighted by Crippen LogP contribution is 2.22. The fourth-order valence-electron chi connectivity index (χ4n) is 6.35. The lowest BCUT2D eigenvalue weighted by Crippen LogP contribution is -2.59. The number of hydrogen-bond acceptors (Lipinski definition) is 10. The average Bonchev–Trinajstić information content (AvgIpc) is 3.15. The van der Waals surface area contributed by atoms with Crippen LogP contribution in [0.15, 0.2) is 24.3 Å². The van der Waals surface area contributed by atoms with Crippen LogP contribution in [0.2, 0.25) is 0 Å². The lowest BCUT2D eigenvalue weighted by molar-refractivity contribution is -0.305. The third-order valence-corrected chi connectivity index (χ3v) is 9.81. The molecule has 53 heavy (non-hydrogen) atoms. The van der Waals surface area contributed by atoms with E-state index in [1.165, 1.54) is 77.0 Å². The highest BCUT2D eigenvalue weighted by Gasteiger charge is 2.44. The van der Waals surface area contributed by atoms with E-state index in [-0.39, 0.29) is 32.0 Å². The highest BCUT2D eigenvalue weighted by molar-refractivity contribution is 5.70. The van der Waals surface area contributed by atoms with E-state index in [0.29, 0.717) is 12.8 Å². The summed E-state index contributed by atoms with van der Waals surface area (Å²) in [7, 11) is 0. The minimum Gasteiger partial charge on any atom is -0.462 e. The Labute approximate surface area is 322 Å².